The Morgan fingerprint density at radius 2 is 2.15 bits per heavy atom. The second-order valence-electron chi connectivity index (χ2n) is 7.12. The third-order valence-electron chi connectivity index (χ3n) is 5.41. The van der Waals surface area contributed by atoms with Gasteiger partial charge in [0.15, 0.2) is 5.82 Å². The van der Waals surface area contributed by atoms with Gasteiger partial charge in [-0.1, -0.05) is 28.9 Å². The molecule has 1 aromatic carbocycles. The van der Waals surface area contributed by atoms with Crippen molar-refractivity contribution in [1.29, 1.82) is 0 Å². The average molecular weight is 386 g/mol. The number of amides is 2. The van der Waals surface area contributed by atoms with Gasteiger partial charge in [0.05, 0.1) is 24.5 Å². The van der Waals surface area contributed by atoms with Gasteiger partial charge in [-0.2, -0.15) is 0 Å². The molecule has 5 rings (SSSR count). The lowest BCUT2D eigenvalue weighted by atomic mass is 9.77. The molecule has 2 fully saturated rings. The number of nitrogens with zero attached hydrogens (tertiary/aromatic N) is 2. The number of halogens is 1. The zero-order chi connectivity index (χ0) is 18.8. The van der Waals surface area contributed by atoms with E-state index in [0.29, 0.717) is 28.8 Å². The molecule has 8 heteroatoms. The molecule has 0 radical (unpaired) electrons. The number of hydrogen-bond donors (Lipinski definition) is 1. The summed E-state index contributed by atoms with van der Waals surface area (Å²) in [5, 5.41) is 7.39. The van der Waals surface area contributed by atoms with Crippen molar-refractivity contribution in [1.82, 2.24) is 5.16 Å². The Bertz CT molecular complexity index is 970. The van der Waals surface area contributed by atoms with E-state index < -0.39 is 23.5 Å². The van der Waals surface area contributed by atoms with Crippen molar-refractivity contribution in [3.05, 3.63) is 53.3 Å². The number of rotatable bonds is 3. The molecule has 27 heavy (non-hydrogen) atoms. The summed E-state index contributed by atoms with van der Waals surface area (Å²) in [6, 6.07) is 8.55. The van der Waals surface area contributed by atoms with Gasteiger partial charge in [-0.05, 0) is 31.2 Å². The summed E-state index contributed by atoms with van der Waals surface area (Å²) in [4.78, 5) is 27.6. The predicted octanol–water partition coefficient (Wildman–Crippen LogP) is 2.56. The fourth-order valence-corrected chi connectivity index (χ4v) is 4.36. The number of fused-ring (bicyclic) bond motifs is 1. The molecule has 3 aliphatic rings. The Kier molecular flexibility index (Phi) is 3.47. The van der Waals surface area contributed by atoms with Crippen LogP contribution in [0.4, 0.5) is 11.5 Å². The molecule has 3 unspecified atom stereocenters. The van der Waals surface area contributed by atoms with Crippen LogP contribution in [0.3, 0.4) is 0 Å². The highest BCUT2D eigenvalue weighted by Gasteiger charge is 2.67. The van der Waals surface area contributed by atoms with Crippen LogP contribution in [0.15, 0.2) is 47.0 Å². The minimum absolute atomic E-state index is 0.175. The number of anilines is 2. The van der Waals surface area contributed by atoms with Gasteiger partial charge in [0.25, 0.3) is 0 Å². The fourth-order valence-electron chi connectivity index (χ4n) is 4.23. The predicted molar refractivity (Wildman–Crippen MR) is 97.4 cm³/mol. The van der Waals surface area contributed by atoms with Crippen LogP contribution in [0, 0.1) is 18.8 Å². The number of aromatic nitrogens is 1. The van der Waals surface area contributed by atoms with Gasteiger partial charge in [0, 0.05) is 16.8 Å². The molecule has 1 spiro atoms. The Morgan fingerprint density at radius 3 is 2.85 bits per heavy atom. The standard InChI is InChI=1S/C19H16ClN3O4/c1-10-8-14(22-27-10)23-9-19-7-6-13(26-19)15(16(19)18(23)25)17(24)21-12-4-2-11(20)3-5-12/h2-8,13,15-16H,9H2,1H3,(H,21,24)/t13?,15?,16?,19-/m0/s1. The zero-order valence-electron chi connectivity index (χ0n) is 14.4. The summed E-state index contributed by atoms with van der Waals surface area (Å²) in [6.45, 7) is 2.08. The minimum atomic E-state index is -0.795. The van der Waals surface area contributed by atoms with Crippen molar-refractivity contribution >= 4 is 34.9 Å². The summed E-state index contributed by atoms with van der Waals surface area (Å²) in [5.41, 5.74) is -0.170. The summed E-state index contributed by atoms with van der Waals surface area (Å²) in [6.07, 6.45) is 3.36. The number of carbonyl (C=O) groups is 2. The van der Waals surface area contributed by atoms with Crippen LogP contribution in [0.25, 0.3) is 0 Å². The van der Waals surface area contributed by atoms with Crippen LogP contribution in [0.1, 0.15) is 5.76 Å². The maximum absolute atomic E-state index is 13.1. The molecule has 2 saturated heterocycles. The molecule has 2 amide bonds. The SMILES string of the molecule is Cc1cc(N2C[C@]34C=CC(O3)C(C(=O)Nc3ccc(Cl)cc3)C4C2=O)no1. The Morgan fingerprint density at radius 1 is 1.37 bits per heavy atom. The van der Waals surface area contributed by atoms with E-state index >= 15 is 0 Å². The smallest absolute Gasteiger partial charge is 0.235 e. The number of hydrogen-bond acceptors (Lipinski definition) is 5. The van der Waals surface area contributed by atoms with E-state index in [1.165, 1.54) is 4.90 Å². The number of ether oxygens (including phenoxy) is 1. The highest BCUT2D eigenvalue weighted by Crippen LogP contribution is 2.52. The highest BCUT2D eigenvalue weighted by molar-refractivity contribution is 6.30. The lowest BCUT2D eigenvalue weighted by Crippen LogP contribution is -2.41. The Hall–Kier alpha value is -2.64. The molecule has 4 heterocycles. The molecule has 0 saturated carbocycles. The van der Waals surface area contributed by atoms with Gasteiger partial charge in [-0.25, -0.2) is 0 Å². The first-order valence-corrected chi connectivity index (χ1v) is 9.03. The molecule has 1 aromatic heterocycles. The molecule has 138 valence electrons. The van der Waals surface area contributed by atoms with E-state index in [0.717, 1.165) is 0 Å². The maximum Gasteiger partial charge on any atom is 0.235 e. The highest BCUT2D eigenvalue weighted by atomic mass is 35.5. The lowest BCUT2D eigenvalue weighted by molar-refractivity contribution is -0.128. The summed E-state index contributed by atoms with van der Waals surface area (Å²) in [7, 11) is 0. The molecule has 4 atom stereocenters. The molecule has 3 aliphatic heterocycles. The third-order valence-corrected chi connectivity index (χ3v) is 5.66. The number of carbonyl (C=O) groups excluding carboxylic acids is 2. The van der Waals surface area contributed by atoms with Gasteiger partial charge < -0.3 is 14.6 Å². The Labute approximate surface area is 159 Å². The third kappa shape index (κ3) is 2.42. The first-order valence-electron chi connectivity index (χ1n) is 8.65. The summed E-state index contributed by atoms with van der Waals surface area (Å²) in [5.74, 6) is -0.548. The van der Waals surface area contributed by atoms with Crippen molar-refractivity contribution in [3.8, 4) is 0 Å². The molecule has 0 aliphatic carbocycles. The van der Waals surface area contributed by atoms with Crippen LogP contribution in [0.2, 0.25) is 5.02 Å². The first-order chi connectivity index (χ1) is 13.0. The van der Waals surface area contributed by atoms with Crippen LogP contribution in [-0.2, 0) is 14.3 Å². The monoisotopic (exact) mass is 385 g/mol. The number of nitrogens with one attached hydrogen (secondary N) is 1. The molecule has 7 nitrogen and oxygen atoms in total. The lowest BCUT2D eigenvalue weighted by Gasteiger charge is -2.23. The fraction of sp³-hybridized carbons (Fsp3) is 0.316. The minimum Gasteiger partial charge on any atom is -0.360 e. The van der Waals surface area contributed by atoms with E-state index in [9.17, 15) is 9.59 Å². The molecule has 2 bridgehead atoms. The average Bonchev–Trinajstić information content (AvgIpc) is 3.38. The quantitative estimate of drug-likeness (QED) is 0.821. The second-order valence-corrected chi connectivity index (χ2v) is 7.55. The van der Waals surface area contributed by atoms with Crippen LogP contribution >= 0.6 is 11.6 Å². The van der Waals surface area contributed by atoms with E-state index in [2.05, 4.69) is 10.5 Å². The summed E-state index contributed by atoms with van der Waals surface area (Å²) >= 11 is 5.89. The van der Waals surface area contributed by atoms with E-state index in [1.807, 2.05) is 12.2 Å². The van der Waals surface area contributed by atoms with Gasteiger partial charge in [0.2, 0.25) is 11.8 Å². The molecular weight excluding hydrogens is 370 g/mol. The topological polar surface area (TPSA) is 84.7 Å². The molecular formula is C19H16ClN3O4. The van der Waals surface area contributed by atoms with Crippen LogP contribution < -0.4 is 10.2 Å². The van der Waals surface area contributed by atoms with Gasteiger partial charge in [-0.3, -0.25) is 14.5 Å². The zero-order valence-corrected chi connectivity index (χ0v) is 15.1. The van der Waals surface area contributed by atoms with E-state index in [4.69, 9.17) is 20.9 Å². The van der Waals surface area contributed by atoms with Crippen LogP contribution in [-0.4, -0.2) is 35.2 Å². The maximum atomic E-state index is 13.1. The summed E-state index contributed by atoms with van der Waals surface area (Å²) < 4.78 is 11.2. The Balaban J connectivity index is 1.43. The largest absolute Gasteiger partial charge is 0.360 e. The van der Waals surface area contributed by atoms with Crippen molar-refractivity contribution in [2.45, 2.75) is 18.6 Å². The number of benzene rings is 1. The molecule has 1 N–H and O–H groups in total. The van der Waals surface area contributed by atoms with Crippen molar-refractivity contribution in [3.63, 3.8) is 0 Å². The first kappa shape index (κ1) is 16.5. The van der Waals surface area contributed by atoms with E-state index in [1.54, 1.807) is 37.3 Å². The van der Waals surface area contributed by atoms with Crippen LogP contribution in [0.5, 0.6) is 0 Å². The number of aryl methyl sites for hydroxylation is 1. The van der Waals surface area contributed by atoms with Crippen molar-refractivity contribution < 1.29 is 18.8 Å². The molecule has 2 aromatic rings. The second kappa shape index (κ2) is 5.68. The van der Waals surface area contributed by atoms with Crippen molar-refractivity contribution in [2.24, 2.45) is 11.8 Å². The normalized spacial score (nSPS) is 30.8. The van der Waals surface area contributed by atoms with Gasteiger partial charge in [0.1, 0.15) is 11.4 Å². The van der Waals surface area contributed by atoms with E-state index in [-0.39, 0.29) is 11.8 Å². The van der Waals surface area contributed by atoms with Crippen molar-refractivity contribution in [2.75, 3.05) is 16.8 Å². The van der Waals surface area contributed by atoms with Gasteiger partial charge in [-0.15, -0.1) is 0 Å². The van der Waals surface area contributed by atoms with Gasteiger partial charge >= 0.3 is 0 Å².